The number of aromatic nitrogens is 2. The SMILES string of the molecule is O=C(Nc1ccc2c(c1)CN(Cc1nc3ccccc3[nH]1)CC2)C1(c2ccccc2)CC1. The molecule has 3 aromatic carbocycles. The molecular formula is C27H26N4O. The number of fused-ring (bicyclic) bond motifs is 2. The second-order valence-electron chi connectivity index (χ2n) is 9.05. The fourth-order valence-electron chi connectivity index (χ4n) is 4.90. The first-order valence-corrected chi connectivity index (χ1v) is 11.3. The van der Waals surface area contributed by atoms with Gasteiger partial charge in [0.1, 0.15) is 5.82 Å². The van der Waals surface area contributed by atoms with Crippen LogP contribution in [0.2, 0.25) is 0 Å². The highest BCUT2D eigenvalue weighted by molar-refractivity contribution is 6.01. The number of benzene rings is 3. The molecule has 0 unspecified atom stereocenters. The number of nitrogens with one attached hydrogen (secondary N) is 2. The Labute approximate surface area is 187 Å². The summed E-state index contributed by atoms with van der Waals surface area (Å²) in [6.07, 6.45) is 2.84. The normalized spacial score (nSPS) is 17.1. The van der Waals surface area contributed by atoms with Crippen molar-refractivity contribution in [2.24, 2.45) is 0 Å². The van der Waals surface area contributed by atoms with Crippen molar-refractivity contribution >= 4 is 22.6 Å². The molecule has 2 aliphatic rings. The molecule has 32 heavy (non-hydrogen) atoms. The lowest BCUT2D eigenvalue weighted by molar-refractivity contribution is -0.118. The van der Waals surface area contributed by atoms with Crippen LogP contribution in [0.15, 0.2) is 72.8 Å². The third kappa shape index (κ3) is 3.49. The molecule has 0 spiro atoms. The molecule has 1 aromatic heterocycles. The molecule has 5 heteroatoms. The number of hydrogen-bond acceptors (Lipinski definition) is 3. The van der Waals surface area contributed by atoms with Crippen LogP contribution in [0, 0.1) is 0 Å². The molecule has 2 heterocycles. The Balaban J connectivity index is 1.17. The zero-order valence-corrected chi connectivity index (χ0v) is 18.0. The molecule has 1 aliphatic carbocycles. The zero-order valence-electron chi connectivity index (χ0n) is 18.0. The standard InChI is InChI=1S/C27H26N4O/c32-26(27(13-14-27)21-6-2-1-3-7-21)28-22-11-10-19-12-15-31(17-20(19)16-22)18-25-29-23-8-4-5-9-24(23)30-25/h1-11,16H,12-15,17-18H2,(H,28,32)(H,29,30). The molecule has 4 aromatic rings. The van der Waals surface area contributed by atoms with Gasteiger partial charge in [0.05, 0.1) is 23.0 Å². The first-order valence-electron chi connectivity index (χ1n) is 11.3. The molecule has 2 N–H and O–H groups in total. The molecular weight excluding hydrogens is 396 g/mol. The van der Waals surface area contributed by atoms with E-state index in [-0.39, 0.29) is 11.3 Å². The van der Waals surface area contributed by atoms with Gasteiger partial charge in [0.25, 0.3) is 0 Å². The largest absolute Gasteiger partial charge is 0.341 e. The lowest BCUT2D eigenvalue weighted by Gasteiger charge is -2.28. The highest BCUT2D eigenvalue weighted by Crippen LogP contribution is 2.49. The van der Waals surface area contributed by atoms with Crippen LogP contribution in [-0.4, -0.2) is 27.3 Å². The van der Waals surface area contributed by atoms with E-state index in [0.717, 1.165) is 67.0 Å². The van der Waals surface area contributed by atoms with Crippen LogP contribution < -0.4 is 5.32 Å². The average Bonchev–Trinajstić information content (AvgIpc) is 3.54. The number of hydrogen-bond donors (Lipinski definition) is 2. The summed E-state index contributed by atoms with van der Waals surface area (Å²) in [5.41, 5.74) is 6.40. The zero-order chi connectivity index (χ0) is 21.5. The maximum Gasteiger partial charge on any atom is 0.235 e. The Bertz CT molecular complexity index is 1260. The van der Waals surface area contributed by atoms with Gasteiger partial charge in [-0.1, -0.05) is 48.5 Å². The van der Waals surface area contributed by atoms with Gasteiger partial charge < -0.3 is 10.3 Å². The van der Waals surface area contributed by atoms with Gasteiger partial charge in [-0.3, -0.25) is 9.69 Å². The second kappa shape index (κ2) is 7.61. The van der Waals surface area contributed by atoms with Gasteiger partial charge in [0.2, 0.25) is 5.91 Å². The predicted molar refractivity (Wildman–Crippen MR) is 126 cm³/mol. The maximum atomic E-state index is 13.1. The van der Waals surface area contributed by atoms with E-state index >= 15 is 0 Å². The van der Waals surface area contributed by atoms with Crippen molar-refractivity contribution in [1.82, 2.24) is 14.9 Å². The molecule has 6 rings (SSSR count). The number of imidazole rings is 1. The van der Waals surface area contributed by atoms with Gasteiger partial charge in [-0.05, 0) is 60.2 Å². The van der Waals surface area contributed by atoms with Crippen LogP contribution in [0.25, 0.3) is 11.0 Å². The number of amides is 1. The number of H-pyrrole nitrogens is 1. The minimum atomic E-state index is -0.357. The van der Waals surface area contributed by atoms with Gasteiger partial charge in [-0.15, -0.1) is 0 Å². The monoisotopic (exact) mass is 422 g/mol. The number of anilines is 1. The summed E-state index contributed by atoms with van der Waals surface area (Å²) in [6.45, 7) is 2.66. The Kier molecular flexibility index (Phi) is 4.58. The van der Waals surface area contributed by atoms with Crippen LogP contribution >= 0.6 is 0 Å². The van der Waals surface area contributed by atoms with Crippen molar-refractivity contribution in [3.05, 3.63) is 95.3 Å². The molecule has 0 bridgehead atoms. The van der Waals surface area contributed by atoms with Gasteiger partial charge in [0.15, 0.2) is 0 Å². The minimum Gasteiger partial charge on any atom is -0.341 e. The summed E-state index contributed by atoms with van der Waals surface area (Å²) in [5, 5.41) is 3.20. The minimum absolute atomic E-state index is 0.110. The number of carbonyl (C=O) groups excluding carboxylic acids is 1. The maximum absolute atomic E-state index is 13.1. The lowest BCUT2D eigenvalue weighted by atomic mass is 9.94. The van der Waals surface area contributed by atoms with E-state index < -0.39 is 0 Å². The summed E-state index contributed by atoms with van der Waals surface area (Å²) in [7, 11) is 0. The molecule has 1 aliphatic heterocycles. The van der Waals surface area contributed by atoms with E-state index in [4.69, 9.17) is 4.98 Å². The number of para-hydroxylation sites is 2. The van der Waals surface area contributed by atoms with Gasteiger partial charge in [-0.2, -0.15) is 0 Å². The van der Waals surface area contributed by atoms with E-state index in [0.29, 0.717) is 0 Å². The topological polar surface area (TPSA) is 61.0 Å². The third-order valence-electron chi connectivity index (χ3n) is 6.88. The van der Waals surface area contributed by atoms with Gasteiger partial charge >= 0.3 is 0 Å². The summed E-state index contributed by atoms with van der Waals surface area (Å²) >= 11 is 0. The summed E-state index contributed by atoms with van der Waals surface area (Å²) in [6, 6.07) is 24.7. The molecule has 0 saturated heterocycles. The quantitative estimate of drug-likeness (QED) is 0.486. The molecule has 160 valence electrons. The fourth-order valence-corrected chi connectivity index (χ4v) is 4.90. The number of rotatable bonds is 5. The first kappa shape index (κ1) is 19.3. The van der Waals surface area contributed by atoms with E-state index in [9.17, 15) is 4.79 Å². The summed E-state index contributed by atoms with van der Waals surface area (Å²) in [4.78, 5) is 23.7. The van der Waals surface area contributed by atoms with Crippen LogP contribution in [0.1, 0.15) is 35.4 Å². The van der Waals surface area contributed by atoms with Crippen molar-refractivity contribution in [1.29, 1.82) is 0 Å². The highest BCUT2D eigenvalue weighted by atomic mass is 16.2. The van der Waals surface area contributed by atoms with E-state index in [1.165, 1.54) is 11.1 Å². The lowest BCUT2D eigenvalue weighted by Crippen LogP contribution is -2.31. The Hall–Kier alpha value is -3.44. The van der Waals surface area contributed by atoms with Crippen molar-refractivity contribution in [3.8, 4) is 0 Å². The molecule has 0 radical (unpaired) electrons. The Morgan fingerprint density at radius 1 is 1.00 bits per heavy atom. The van der Waals surface area contributed by atoms with E-state index in [1.807, 2.05) is 42.5 Å². The number of nitrogens with zero attached hydrogens (tertiary/aromatic N) is 2. The first-order chi connectivity index (χ1) is 15.7. The Morgan fingerprint density at radius 3 is 2.62 bits per heavy atom. The van der Waals surface area contributed by atoms with Crippen LogP contribution in [-0.2, 0) is 29.7 Å². The average molecular weight is 423 g/mol. The van der Waals surface area contributed by atoms with Crippen molar-refractivity contribution in [2.45, 2.75) is 37.8 Å². The molecule has 1 amide bonds. The van der Waals surface area contributed by atoms with Crippen LogP contribution in [0.4, 0.5) is 5.69 Å². The third-order valence-corrected chi connectivity index (χ3v) is 6.88. The predicted octanol–water partition coefficient (Wildman–Crippen LogP) is 4.79. The molecule has 1 saturated carbocycles. The van der Waals surface area contributed by atoms with Crippen LogP contribution in [0.3, 0.4) is 0 Å². The summed E-state index contributed by atoms with van der Waals surface area (Å²) < 4.78 is 0. The van der Waals surface area contributed by atoms with Gasteiger partial charge in [-0.25, -0.2) is 4.98 Å². The fraction of sp³-hybridized carbons (Fsp3) is 0.259. The number of carbonyl (C=O) groups is 1. The smallest absolute Gasteiger partial charge is 0.235 e. The summed E-state index contributed by atoms with van der Waals surface area (Å²) in [5.74, 6) is 1.11. The van der Waals surface area contributed by atoms with Crippen molar-refractivity contribution in [2.75, 3.05) is 11.9 Å². The van der Waals surface area contributed by atoms with Gasteiger partial charge in [0, 0.05) is 18.8 Å². The molecule has 1 fully saturated rings. The van der Waals surface area contributed by atoms with Crippen LogP contribution in [0.5, 0.6) is 0 Å². The van der Waals surface area contributed by atoms with E-state index in [2.05, 4.69) is 45.5 Å². The molecule has 0 atom stereocenters. The number of aromatic amines is 1. The Morgan fingerprint density at radius 2 is 1.81 bits per heavy atom. The van der Waals surface area contributed by atoms with Crippen molar-refractivity contribution < 1.29 is 4.79 Å². The second-order valence-corrected chi connectivity index (χ2v) is 9.05. The van der Waals surface area contributed by atoms with E-state index in [1.54, 1.807) is 0 Å². The van der Waals surface area contributed by atoms with Crippen molar-refractivity contribution in [3.63, 3.8) is 0 Å². The molecule has 5 nitrogen and oxygen atoms in total. The highest BCUT2D eigenvalue weighted by Gasteiger charge is 2.51.